The van der Waals surface area contributed by atoms with Gasteiger partial charge in [-0.15, -0.1) is 0 Å². The Morgan fingerprint density at radius 1 is 1.00 bits per heavy atom. The number of aromatic nitrogens is 2. The summed E-state index contributed by atoms with van der Waals surface area (Å²) in [5.74, 6) is 2.10. The maximum atomic E-state index is 12.3. The van der Waals surface area contributed by atoms with Gasteiger partial charge in [0, 0.05) is 6.04 Å². The Labute approximate surface area is 164 Å². The number of hydrogen-bond acceptors (Lipinski definition) is 5. The third kappa shape index (κ3) is 4.34. The number of aromatic amines is 1. The number of para-hydroxylation sites is 1. The Morgan fingerprint density at radius 3 is 2.46 bits per heavy atom. The lowest BCUT2D eigenvalue weighted by Gasteiger charge is -2.21. The zero-order valence-electron chi connectivity index (χ0n) is 16.8. The van der Waals surface area contributed by atoms with Gasteiger partial charge in [-0.05, 0) is 57.5 Å². The molecule has 2 aromatic carbocycles. The Balaban J connectivity index is 1.81. The highest BCUT2D eigenvalue weighted by molar-refractivity contribution is 5.77. The van der Waals surface area contributed by atoms with E-state index in [9.17, 15) is 4.79 Å². The zero-order chi connectivity index (χ0) is 20.1. The third-order valence-electron chi connectivity index (χ3n) is 4.61. The molecule has 0 saturated carbocycles. The average molecular weight is 381 g/mol. The van der Waals surface area contributed by atoms with Crippen LogP contribution in [-0.2, 0) is 0 Å². The van der Waals surface area contributed by atoms with Crippen molar-refractivity contribution in [2.75, 3.05) is 13.2 Å². The maximum absolute atomic E-state index is 12.3. The zero-order valence-corrected chi connectivity index (χ0v) is 16.8. The molecule has 2 atom stereocenters. The minimum atomic E-state index is -0.130. The van der Waals surface area contributed by atoms with E-state index in [0.29, 0.717) is 29.9 Å². The van der Waals surface area contributed by atoms with Crippen LogP contribution in [-0.4, -0.2) is 23.2 Å². The predicted molar refractivity (Wildman–Crippen MR) is 111 cm³/mol. The Morgan fingerprint density at radius 2 is 1.71 bits per heavy atom. The van der Waals surface area contributed by atoms with Gasteiger partial charge in [0.25, 0.3) is 5.56 Å². The third-order valence-corrected chi connectivity index (χ3v) is 4.61. The molecule has 0 saturated heterocycles. The molecule has 0 amide bonds. The highest BCUT2D eigenvalue weighted by Gasteiger charge is 2.16. The summed E-state index contributed by atoms with van der Waals surface area (Å²) in [7, 11) is 0. The van der Waals surface area contributed by atoms with E-state index in [2.05, 4.69) is 22.2 Å². The van der Waals surface area contributed by atoms with E-state index in [0.717, 1.165) is 17.1 Å². The summed E-state index contributed by atoms with van der Waals surface area (Å²) in [5, 5.41) is 4.09. The van der Waals surface area contributed by atoms with E-state index in [4.69, 9.17) is 9.47 Å². The van der Waals surface area contributed by atoms with Crippen molar-refractivity contribution in [2.45, 2.75) is 39.8 Å². The van der Waals surface area contributed by atoms with Crippen LogP contribution in [0, 0.1) is 0 Å². The smallest absolute Gasteiger partial charge is 0.258 e. The van der Waals surface area contributed by atoms with Crippen molar-refractivity contribution in [1.29, 1.82) is 0 Å². The van der Waals surface area contributed by atoms with Crippen LogP contribution < -0.4 is 20.3 Å². The van der Waals surface area contributed by atoms with Gasteiger partial charge in [0.1, 0.15) is 5.82 Å². The van der Waals surface area contributed by atoms with Gasteiger partial charge in [0.15, 0.2) is 11.5 Å². The van der Waals surface area contributed by atoms with E-state index in [-0.39, 0.29) is 17.6 Å². The van der Waals surface area contributed by atoms with Crippen LogP contribution >= 0.6 is 0 Å². The molecule has 0 aliphatic carbocycles. The van der Waals surface area contributed by atoms with Gasteiger partial charge < -0.3 is 19.8 Å². The average Bonchev–Trinajstić information content (AvgIpc) is 2.69. The van der Waals surface area contributed by atoms with Crippen LogP contribution in [0.25, 0.3) is 10.9 Å². The van der Waals surface area contributed by atoms with Crippen molar-refractivity contribution in [1.82, 2.24) is 15.3 Å². The van der Waals surface area contributed by atoms with Gasteiger partial charge in [-0.25, -0.2) is 4.98 Å². The molecule has 0 aliphatic heterocycles. The number of nitrogens with one attached hydrogen (secondary N) is 2. The van der Waals surface area contributed by atoms with Crippen molar-refractivity contribution >= 4 is 10.9 Å². The molecular formula is C22H27N3O3. The first-order chi connectivity index (χ1) is 13.5. The van der Waals surface area contributed by atoms with Crippen LogP contribution in [0.2, 0.25) is 0 Å². The molecule has 1 heterocycles. The first-order valence-corrected chi connectivity index (χ1v) is 9.68. The Bertz CT molecular complexity index is 1000. The quantitative estimate of drug-likeness (QED) is 0.613. The van der Waals surface area contributed by atoms with Crippen molar-refractivity contribution in [3.05, 3.63) is 64.2 Å². The largest absolute Gasteiger partial charge is 0.490 e. The summed E-state index contributed by atoms with van der Waals surface area (Å²) in [6.07, 6.45) is 0. The SMILES string of the molecule is CCOc1ccc([C@@H](C)N[C@@H](C)c2nc3ccccc3c(=O)[nH]2)cc1OCC. The van der Waals surface area contributed by atoms with E-state index >= 15 is 0 Å². The molecule has 0 spiro atoms. The van der Waals surface area contributed by atoms with Crippen LogP contribution in [0.1, 0.15) is 51.2 Å². The fourth-order valence-electron chi connectivity index (χ4n) is 3.20. The van der Waals surface area contributed by atoms with Crippen LogP contribution in [0.15, 0.2) is 47.3 Å². The molecule has 0 fully saturated rings. The number of H-pyrrole nitrogens is 1. The fourth-order valence-corrected chi connectivity index (χ4v) is 3.20. The Hall–Kier alpha value is -2.86. The summed E-state index contributed by atoms with van der Waals surface area (Å²) in [6, 6.07) is 13.2. The van der Waals surface area contributed by atoms with Crippen LogP contribution in [0.3, 0.4) is 0 Å². The second-order valence-corrected chi connectivity index (χ2v) is 6.65. The molecule has 3 rings (SSSR count). The summed E-state index contributed by atoms with van der Waals surface area (Å²) in [4.78, 5) is 19.8. The molecule has 0 aliphatic rings. The van der Waals surface area contributed by atoms with Crippen molar-refractivity contribution in [2.24, 2.45) is 0 Å². The molecule has 0 unspecified atom stereocenters. The van der Waals surface area contributed by atoms with Gasteiger partial charge >= 0.3 is 0 Å². The van der Waals surface area contributed by atoms with Crippen LogP contribution in [0.5, 0.6) is 11.5 Å². The van der Waals surface area contributed by atoms with Gasteiger partial charge in [0.05, 0.1) is 30.2 Å². The number of fused-ring (bicyclic) bond motifs is 1. The molecule has 6 nitrogen and oxygen atoms in total. The monoisotopic (exact) mass is 381 g/mol. The topological polar surface area (TPSA) is 76.2 Å². The van der Waals surface area contributed by atoms with Crippen LogP contribution in [0.4, 0.5) is 0 Å². The molecule has 2 N–H and O–H groups in total. The summed E-state index contributed by atoms with van der Waals surface area (Å²) in [6.45, 7) is 9.12. The number of ether oxygens (including phenoxy) is 2. The second-order valence-electron chi connectivity index (χ2n) is 6.65. The predicted octanol–water partition coefficient (Wildman–Crippen LogP) is 4.13. The minimum absolute atomic E-state index is 0.0293. The lowest BCUT2D eigenvalue weighted by atomic mass is 10.1. The molecular weight excluding hydrogens is 354 g/mol. The highest BCUT2D eigenvalue weighted by atomic mass is 16.5. The fraction of sp³-hybridized carbons (Fsp3) is 0.364. The summed E-state index contributed by atoms with van der Waals surface area (Å²) < 4.78 is 11.4. The highest BCUT2D eigenvalue weighted by Crippen LogP contribution is 2.31. The minimum Gasteiger partial charge on any atom is -0.490 e. The van der Waals surface area contributed by atoms with Crippen molar-refractivity contribution in [3.63, 3.8) is 0 Å². The lowest BCUT2D eigenvalue weighted by Crippen LogP contribution is -2.26. The Kier molecular flexibility index (Phi) is 6.31. The van der Waals surface area contributed by atoms with Gasteiger partial charge in [-0.1, -0.05) is 18.2 Å². The van der Waals surface area contributed by atoms with Gasteiger partial charge in [-0.3, -0.25) is 4.79 Å². The maximum Gasteiger partial charge on any atom is 0.258 e. The number of rotatable bonds is 8. The first-order valence-electron chi connectivity index (χ1n) is 9.68. The van der Waals surface area contributed by atoms with E-state index < -0.39 is 0 Å². The normalized spacial score (nSPS) is 13.3. The van der Waals surface area contributed by atoms with E-state index in [1.807, 2.05) is 57.2 Å². The number of benzene rings is 2. The molecule has 1 aromatic heterocycles. The summed E-state index contributed by atoms with van der Waals surface area (Å²) >= 11 is 0. The second kappa shape index (κ2) is 8.89. The van der Waals surface area contributed by atoms with Crippen molar-refractivity contribution in [3.8, 4) is 11.5 Å². The number of hydrogen-bond donors (Lipinski definition) is 2. The molecule has 0 bridgehead atoms. The van der Waals surface area contributed by atoms with E-state index in [1.54, 1.807) is 6.07 Å². The van der Waals surface area contributed by atoms with Gasteiger partial charge in [0.2, 0.25) is 0 Å². The number of nitrogens with zero attached hydrogens (tertiary/aromatic N) is 1. The molecule has 6 heteroatoms. The molecule has 3 aromatic rings. The van der Waals surface area contributed by atoms with Crippen molar-refractivity contribution < 1.29 is 9.47 Å². The molecule has 28 heavy (non-hydrogen) atoms. The first kappa shape index (κ1) is 19.9. The van der Waals surface area contributed by atoms with Gasteiger partial charge in [-0.2, -0.15) is 0 Å². The lowest BCUT2D eigenvalue weighted by molar-refractivity contribution is 0.287. The molecule has 0 radical (unpaired) electrons. The van der Waals surface area contributed by atoms with E-state index in [1.165, 1.54) is 0 Å². The molecule has 148 valence electrons. The summed E-state index contributed by atoms with van der Waals surface area (Å²) in [5.41, 5.74) is 1.64. The standard InChI is InChI=1S/C22H27N3O3/c1-5-27-19-12-11-16(13-20(19)28-6-2)14(3)23-15(4)21-24-18-10-8-7-9-17(18)22(26)25-21/h7-15,23H,5-6H2,1-4H3,(H,24,25,26)/t14-,15+/m1/s1.